The van der Waals surface area contributed by atoms with Crippen molar-refractivity contribution in [3.63, 3.8) is 0 Å². The fourth-order valence-electron chi connectivity index (χ4n) is 3.58. The number of carbonyl (C=O) groups excluding carboxylic acids is 2. The number of nitrogens with one attached hydrogen (secondary N) is 2. The highest BCUT2D eigenvalue weighted by Crippen LogP contribution is 2.28. The minimum atomic E-state index is -0.467. The summed E-state index contributed by atoms with van der Waals surface area (Å²) >= 11 is 0. The second-order valence-corrected chi connectivity index (χ2v) is 8.50. The van der Waals surface area contributed by atoms with Crippen molar-refractivity contribution >= 4 is 11.9 Å². The van der Waals surface area contributed by atoms with Crippen LogP contribution >= 0.6 is 0 Å². The Bertz CT molecular complexity index is 886. The van der Waals surface area contributed by atoms with Gasteiger partial charge in [0.05, 0.1) is 20.3 Å². The molecule has 0 spiro atoms. The molecule has 2 N–H and O–H groups in total. The van der Waals surface area contributed by atoms with Crippen LogP contribution in [0.15, 0.2) is 48.5 Å². The molecule has 2 atom stereocenters. The molecule has 7 nitrogen and oxygen atoms in total. The van der Waals surface area contributed by atoms with Gasteiger partial charge in [0.1, 0.15) is 12.4 Å². The first-order valence-electron chi connectivity index (χ1n) is 11.2. The van der Waals surface area contributed by atoms with Crippen molar-refractivity contribution in [2.45, 2.75) is 52.3 Å². The van der Waals surface area contributed by atoms with Crippen molar-refractivity contribution < 1.29 is 23.8 Å². The zero-order chi connectivity index (χ0) is 24.2. The second-order valence-electron chi connectivity index (χ2n) is 8.50. The fraction of sp³-hybridized carbons (Fsp3) is 0.462. The molecule has 2 aromatic carbocycles. The van der Waals surface area contributed by atoms with E-state index in [-0.39, 0.29) is 24.5 Å². The number of benzene rings is 2. The van der Waals surface area contributed by atoms with Crippen LogP contribution in [0.4, 0.5) is 4.79 Å². The number of alkyl carbamates (subject to hydrolysis) is 1. The van der Waals surface area contributed by atoms with Crippen LogP contribution in [-0.2, 0) is 22.6 Å². The van der Waals surface area contributed by atoms with Gasteiger partial charge in [-0.2, -0.15) is 0 Å². The molecule has 2 rings (SSSR count). The van der Waals surface area contributed by atoms with Crippen molar-refractivity contribution in [2.24, 2.45) is 5.92 Å². The maximum atomic E-state index is 12.4. The number of rotatable bonds is 13. The van der Waals surface area contributed by atoms with Crippen molar-refractivity contribution in [2.75, 3.05) is 20.8 Å². The van der Waals surface area contributed by atoms with E-state index in [9.17, 15) is 9.59 Å². The van der Waals surface area contributed by atoms with Crippen molar-refractivity contribution in [3.05, 3.63) is 59.7 Å². The first-order valence-corrected chi connectivity index (χ1v) is 11.2. The van der Waals surface area contributed by atoms with Crippen LogP contribution in [0.3, 0.4) is 0 Å². The number of hydrogen-bond acceptors (Lipinski definition) is 6. The molecule has 0 aliphatic heterocycles. The van der Waals surface area contributed by atoms with Gasteiger partial charge in [-0.05, 0) is 48.9 Å². The average molecular weight is 457 g/mol. The van der Waals surface area contributed by atoms with Crippen LogP contribution in [0.1, 0.15) is 38.3 Å². The Morgan fingerprint density at radius 1 is 0.939 bits per heavy atom. The summed E-state index contributed by atoms with van der Waals surface area (Å²) in [6.45, 7) is 6.42. The summed E-state index contributed by atoms with van der Waals surface area (Å²) in [5.74, 6) is 1.66. The van der Waals surface area contributed by atoms with E-state index in [0.29, 0.717) is 30.4 Å². The van der Waals surface area contributed by atoms with Crippen molar-refractivity contribution in [3.8, 4) is 11.5 Å². The molecule has 0 saturated heterocycles. The summed E-state index contributed by atoms with van der Waals surface area (Å²) in [5, 5.41) is 6.27. The maximum absolute atomic E-state index is 12.4. The molecule has 0 aliphatic carbocycles. The molecule has 1 unspecified atom stereocenters. The second kappa shape index (κ2) is 13.5. The van der Waals surface area contributed by atoms with E-state index in [4.69, 9.17) is 14.2 Å². The van der Waals surface area contributed by atoms with E-state index in [0.717, 1.165) is 17.5 Å². The Hall–Kier alpha value is -3.06. The summed E-state index contributed by atoms with van der Waals surface area (Å²) in [6.07, 6.45) is 0.794. The molecule has 7 heteroatoms. The predicted octanol–water partition coefficient (Wildman–Crippen LogP) is 4.13. The predicted molar refractivity (Wildman–Crippen MR) is 129 cm³/mol. The van der Waals surface area contributed by atoms with E-state index in [1.807, 2.05) is 48.5 Å². The lowest BCUT2D eigenvalue weighted by molar-refractivity contribution is -0.119. The summed E-state index contributed by atoms with van der Waals surface area (Å²) in [5.41, 5.74) is 1.88. The van der Waals surface area contributed by atoms with Crippen LogP contribution < -0.4 is 20.1 Å². The number of Topliss-reactive ketones (excluding diaryl/α,β-unsaturated/α-hetero) is 1. The third-order valence-electron chi connectivity index (χ3n) is 5.28. The molecule has 0 radical (unpaired) electrons. The maximum Gasteiger partial charge on any atom is 0.407 e. The van der Waals surface area contributed by atoms with E-state index in [1.54, 1.807) is 21.1 Å². The lowest BCUT2D eigenvalue weighted by Gasteiger charge is -2.24. The largest absolute Gasteiger partial charge is 0.493 e. The van der Waals surface area contributed by atoms with Gasteiger partial charge in [0.25, 0.3) is 0 Å². The van der Waals surface area contributed by atoms with E-state index in [1.165, 1.54) is 0 Å². The molecule has 33 heavy (non-hydrogen) atoms. The first kappa shape index (κ1) is 26.2. The van der Waals surface area contributed by atoms with Gasteiger partial charge in [0, 0.05) is 12.6 Å². The van der Waals surface area contributed by atoms with Gasteiger partial charge < -0.3 is 24.8 Å². The molecular weight excluding hydrogens is 420 g/mol. The van der Waals surface area contributed by atoms with Crippen LogP contribution in [0.25, 0.3) is 0 Å². The normalized spacial score (nSPS) is 12.7. The summed E-state index contributed by atoms with van der Waals surface area (Å²) in [7, 11) is 3.17. The standard InChI is InChI=1S/C26H36N2O5/c1-18(2)13-22(28-26(30)33-17-20-9-7-6-8-10-20)16-27-23(19(3)29)14-21-11-12-24(31-4)25(15-21)32-5/h6-12,15,18,22-23,27H,13-14,16-17H2,1-5H3,(H,28,30)/t22?,23-/m0/s1. The van der Waals surface area contributed by atoms with Crippen LogP contribution in [0.5, 0.6) is 11.5 Å². The lowest BCUT2D eigenvalue weighted by Crippen LogP contribution is -2.48. The minimum absolute atomic E-state index is 0.0275. The van der Waals surface area contributed by atoms with Gasteiger partial charge >= 0.3 is 6.09 Å². The molecule has 1 amide bonds. The Balaban J connectivity index is 1.96. The summed E-state index contributed by atoms with van der Waals surface area (Å²) < 4.78 is 16.0. The number of amides is 1. The van der Waals surface area contributed by atoms with Gasteiger partial charge in [0.2, 0.25) is 0 Å². The van der Waals surface area contributed by atoms with Gasteiger partial charge in [-0.3, -0.25) is 4.79 Å². The molecule has 0 aliphatic rings. The lowest BCUT2D eigenvalue weighted by atomic mass is 10.0. The molecule has 0 aromatic heterocycles. The van der Waals surface area contributed by atoms with Gasteiger partial charge in [0.15, 0.2) is 11.5 Å². The topological polar surface area (TPSA) is 85.9 Å². The van der Waals surface area contributed by atoms with E-state index in [2.05, 4.69) is 24.5 Å². The Labute approximate surface area is 196 Å². The van der Waals surface area contributed by atoms with Crippen molar-refractivity contribution in [1.29, 1.82) is 0 Å². The third-order valence-corrected chi connectivity index (χ3v) is 5.28. The number of hydrogen-bond donors (Lipinski definition) is 2. The Morgan fingerprint density at radius 2 is 1.64 bits per heavy atom. The number of ketones is 1. The number of carbonyl (C=O) groups is 2. The van der Waals surface area contributed by atoms with Gasteiger partial charge in [-0.15, -0.1) is 0 Å². The molecule has 0 saturated carbocycles. The van der Waals surface area contributed by atoms with Crippen LogP contribution in [0, 0.1) is 5.92 Å². The molecular formula is C26H36N2O5. The zero-order valence-corrected chi connectivity index (χ0v) is 20.2. The minimum Gasteiger partial charge on any atom is -0.493 e. The highest BCUT2D eigenvalue weighted by Gasteiger charge is 2.20. The van der Waals surface area contributed by atoms with Crippen molar-refractivity contribution in [1.82, 2.24) is 10.6 Å². The summed E-state index contributed by atoms with van der Waals surface area (Å²) in [4.78, 5) is 24.7. The first-order chi connectivity index (χ1) is 15.8. The highest BCUT2D eigenvalue weighted by atomic mass is 16.5. The number of methoxy groups -OCH3 is 2. The zero-order valence-electron chi connectivity index (χ0n) is 20.2. The molecule has 0 heterocycles. The summed E-state index contributed by atoms with van der Waals surface area (Å²) in [6, 6.07) is 14.6. The van der Waals surface area contributed by atoms with E-state index < -0.39 is 6.09 Å². The average Bonchev–Trinajstić information content (AvgIpc) is 2.80. The highest BCUT2D eigenvalue weighted by molar-refractivity contribution is 5.81. The monoisotopic (exact) mass is 456 g/mol. The quantitative estimate of drug-likeness (QED) is 0.471. The SMILES string of the molecule is COc1ccc(C[C@H](NCC(CC(C)C)NC(=O)OCc2ccccc2)C(C)=O)cc1OC. The molecule has 0 fully saturated rings. The smallest absolute Gasteiger partial charge is 0.407 e. The Morgan fingerprint density at radius 3 is 2.24 bits per heavy atom. The molecule has 2 aromatic rings. The number of ether oxygens (including phenoxy) is 3. The van der Waals surface area contributed by atoms with E-state index >= 15 is 0 Å². The van der Waals surface area contributed by atoms with Gasteiger partial charge in [-0.25, -0.2) is 4.79 Å². The third kappa shape index (κ3) is 9.14. The van der Waals surface area contributed by atoms with Gasteiger partial charge in [-0.1, -0.05) is 50.2 Å². The van der Waals surface area contributed by atoms with Crippen LogP contribution in [-0.4, -0.2) is 44.7 Å². The Kier molecular flexibility index (Phi) is 10.7. The molecule has 180 valence electrons. The molecule has 0 bridgehead atoms. The fourth-order valence-corrected chi connectivity index (χ4v) is 3.58. The van der Waals surface area contributed by atoms with Crippen LogP contribution in [0.2, 0.25) is 0 Å².